The van der Waals surface area contributed by atoms with Crippen LogP contribution in [0.15, 0.2) is 29.8 Å². The van der Waals surface area contributed by atoms with Gasteiger partial charge in [-0.25, -0.2) is 0 Å². The Hall–Kier alpha value is -2.64. The van der Waals surface area contributed by atoms with Crippen molar-refractivity contribution in [3.8, 4) is 0 Å². The maximum absolute atomic E-state index is 13.0. The Morgan fingerprint density at radius 3 is 2.34 bits per heavy atom. The number of benzene rings is 1. The Bertz CT molecular complexity index is 992. The molecule has 1 aliphatic rings. The fraction of sp³-hybridized carbons (Fsp3) is 0.381. The van der Waals surface area contributed by atoms with Gasteiger partial charge in [0.25, 0.3) is 11.7 Å². The highest BCUT2D eigenvalue weighted by Crippen LogP contribution is 2.40. The average Bonchev–Trinajstić information content (AvgIpc) is 3.06. The number of carbonyl (C=O) groups is 2. The van der Waals surface area contributed by atoms with Crippen LogP contribution in [0.2, 0.25) is 5.02 Å². The van der Waals surface area contributed by atoms with Crippen molar-refractivity contribution < 1.29 is 14.7 Å². The summed E-state index contributed by atoms with van der Waals surface area (Å²) in [6.45, 7) is 4.52. The predicted molar refractivity (Wildman–Crippen MR) is 112 cm³/mol. The third-order valence-corrected chi connectivity index (χ3v) is 5.51. The fourth-order valence-corrected chi connectivity index (χ4v) is 3.79. The van der Waals surface area contributed by atoms with E-state index in [4.69, 9.17) is 11.6 Å². The van der Waals surface area contributed by atoms with Crippen molar-refractivity contribution >= 4 is 29.1 Å². The molecule has 7 nitrogen and oxygen atoms in total. The number of aryl methyl sites for hydroxylation is 2. The molecule has 29 heavy (non-hydrogen) atoms. The molecule has 0 aliphatic carbocycles. The van der Waals surface area contributed by atoms with Gasteiger partial charge in [-0.2, -0.15) is 5.10 Å². The van der Waals surface area contributed by atoms with Crippen molar-refractivity contribution in [2.75, 3.05) is 27.2 Å². The first-order valence-corrected chi connectivity index (χ1v) is 9.70. The summed E-state index contributed by atoms with van der Waals surface area (Å²) in [6.07, 6.45) is 0. The van der Waals surface area contributed by atoms with Crippen LogP contribution < -0.4 is 0 Å². The van der Waals surface area contributed by atoms with E-state index in [0.29, 0.717) is 40.6 Å². The van der Waals surface area contributed by atoms with Crippen LogP contribution in [0.4, 0.5) is 0 Å². The minimum atomic E-state index is -0.691. The Morgan fingerprint density at radius 2 is 1.83 bits per heavy atom. The van der Waals surface area contributed by atoms with Crippen molar-refractivity contribution in [1.82, 2.24) is 19.6 Å². The summed E-state index contributed by atoms with van der Waals surface area (Å²) in [4.78, 5) is 29.3. The molecule has 3 rings (SSSR count). The lowest BCUT2D eigenvalue weighted by Gasteiger charge is -2.26. The summed E-state index contributed by atoms with van der Waals surface area (Å²) >= 11 is 6.03. The quantitative estimate of drug-likeness (QED) is 0.460. The lowest BCUT2D eigenvalue weighted by Crippen LogP contribution is -2.35. The molecule has 1 N–H and O–H groups in total. The van der Waals surface area contributed by atoms with Crippen molar-refractivity contribution in [3.05, 3.63) is 57.4 Å². The van der Waals surface area contributed by atoms with Gasteiger partial charge in [-0.05, 0) is 45.6 Å². The summed E-state index contributed by atoms with van der Waals surface area (Å²) in [5, 5.41) is 16.0. The number of rotatable bonds is 5. The second-order valence-electron chi connectivity index (χ2n) is 7.52. The van der Waals surface area contributed by atoms with Gasteiger partial charge >= 0.3 is 0 Å². The van der Waals surface area contributed by atoms with Gasteiger partial charge in [0.2, 0.25) is 0 Å². The number of carbonyl (C=O) groups excluding carboxylic acids is 2. The highest BCUT2D eigenvalue weighted by molar-refractivity contribution is 6.46. The second-order valence-corrected chi connectivity index (χ2v) is 7.95. The molecule has 8 heteroatoms. The molecular formula is C21H25ClN4O3. The van der Waals surface area contributed by atoms with Gasteiger partial charge in [0, 0.05) is 30.9 Å². The number of aliphatic hydroxyl groups is 1. The highest BCUT2D eigenvalue weighted by atomic mass is 35.5. The number of ketones is 1. The zero-order chi connectivity index (χ0) is 21.5. The van der Waals surface area contributed by atoms with Crippen LogP contribution in [0.25, 0.3) is 5.76 Å². The smallest absolute Gasteiger partial charge is 0.295 e. The lowest BCUT2D eigenvalue weighted by molar-refractivity contribution is -0.140. The van der Waals surface area contributed by atoms with E-state index in [9.17, 15) is 14.7 Å². The number of halogens is 1. The summed E-state index contributed by atoms with van der Waals surface area (Å²) < 4.78 is 1.64. The van der Waals surface area contributed by atoms with Gasteiger partial charge in [0.15, 0.2) is 0 Å². The Kier molecular flexibility index (Phi) is 5.82. The molecule has 0 unspecified atom stereocenters. The standard InChI is InChI=1S/C21H25ClN4O3/c1-12-16(13(2)25(5)23-12)19(27)17-18(14-6-8-15(22)9-7-14)26(11-10-24(3)4)21(29)20(17)28/h6-9,18,27H,10-11H2,1-5H3/t18-/m0/s1. The monoisotopic (exact) mass is 416 g/mol. The normalized spacial score (nSPS) is 18.9. The van der Waals surface area contributed by atoms with Gasteiger partial charge in [-0.1, -0.05) is 23.7 Å². The SMILES string of the molecule is Cc1nn(C)c(C)c1C(O)=C1C(=O)C(=O)N(CCN(C)C)[C@H]1c1ccc(Cl)cc1. The molecule has 2 aromatic rings. The molecule has 1 aliphatic heterocycles. The third-order valence-electron chi connectivity index (χ3n) is 5.26. The molecule has 154 valence electrons. The predicted octanol–water partition coefficient (Wildman–Crippen LogP) is 2.67. The molecule has 1 amide bonds. The molecule has 2 heterocycles. The second kappa shape index (κ2) is 8.00. The van der Waals surface area contributed by atoms with E-state index < -0.39 is 17.7 Å². The van der Waals surface area contributed by atoms with Gasteiger partial charge in [-0.3, -0.25) is 14.3 Å². The van der Waals surface area contributed by atoms with E-state index in [1.54, 1.807) is 42.9 Å². The molecule has 1 aromatic heterocycles. The molecule has 1 atom stereocenters. The number of likely N-dealkylation sites (N-methyl/N-ethyl adjacent to an activating group) is 1. The van der Waals surface area contributed by atoms with Gasteiger partial charge in [0.1, 0.15) is 5.76 Å². The highest BCUT2D eigenvalue weighted by Gasteiger charge is 2.46. The topological polar surface area (TPSA) is 78.7 Å². The minimum absolute atomic E-state index is 0.0790. The fourth-order valence-electron chi connectivity index (χ4n) is 3.66. The number of likely N-dealkylation sites (tertiary alicyclic amines) is 1. The Balaban J connectivity index is 2.20. The van der Waals surface area contributed by atoms with Crippen LogP contribution in [-0.4, -0.2) is 63.6 Å². The van der Waals surface area contributed by atoms with E-state index in [2.05, 4.69) is 5.10 Å². The summed E-state index contributed by atoms with van der Waals surface area (Å²) in [5.74, 6) is -1.50. The van der Waals surface area contributed by atoms with Gasteiger partial charge < -0.3 is 14.9 Å². The number of amides is 1. The number of aromatic nitrogens is 2. The molecule has 1 fully saturated rings. The van der Waals surface area contributed by atoms with Crippen LogP contribution >= 0.6 is 11.6 Å². The Morgan fingerprint density at radius 1 is 1.21 bits per heavy atom. The molecule has 0 bridgehead atoms. The summed E-state index contributed by atoms with van der Waals surface area (Å²) in [6, 6.07) is 6.29. The first-order chi connectivity index (χ1) is 13.6. The molecular weight excluding hydrogens is 392 g/mol. The van der Waals surface area contributed by atoms with Crippen LogP contribution in [-0.2, 0) is 16.6 Å². The maximum Gasteiger partial charge on any atom is 0.295 e. The van der Waals surface area contributed by atoms with Crippen molar-refractivity contribution in [2.45, 2.75) is 19.9 Å². The van der Waals surface area contributed by atoms with E-state index >= 15 is 0 Å². The molecule has 1 aromatic carbocycles. The summed E-state index contributed by atoms with van der Waals surface area (Å²) in [7, 11) is 5.57. The number of nitrogens with zero attached hydrogens (tertiary/aromatic N) is 4. The van der Waals surface area contributed by atoms with Crippen LogP contribution in [0, 0.1) is 13.8 Å². The van der Waals surface area contributed by atoms with Crippen molar-refractivity contribution in [3.63, 3.8) is 0 Å². The van der Waals surface area contributed by atoms with Crippen LogP contribution in [0.5, 0.6) is 0 Å². The molecule has 0 saturated carbocycles. The van der Waals surface area contributed by atoms with Crippen molar-refractivity contribution in [2.24, 2.45) is 7.05 Å². The largest absolute Gasteiger partial charge is 0.507 e. The van der Waals surface area contributed by atoms with E-state index in [0.717, 1.165) is 0 Å². The van der Waals surface area contributed by atoms with Crippen LogP contribution in [0.1, 0.15) is 28.6 Å². The zero-order valence-corrected chi connectivity index (χ0v) is 18.0. The van der Waals surface area contributed by atoms with Gasteiger partial charge in [-0.15, -0.1) is 0 Å². The zero-order valence-electron chi connectivity index (χ0n) is 17.2. The molecule has 0 spiro atoms. The number of hydrogen-bond acceptors (Lipinski definition) is 5. The van der Waals surface area contributed by atoms with Crippen molar-refractivity contribution in [1.29, 1.82) is 0 Å². The molecule has 1 saturated heterocycles. The van der Waals surface area contributed by atoms with E-state index in [-0.39, 0.29) is 11.3 Å². The number of aliphatic hydroxyl groups excluding tert-OH is 1. The van der Waals surface area contributed by atoms with Crippen LogP contribution in [0.3, 0.4) is 0 Å². The first kappa shape index (κ1) is 21.1. The molecule has 0 radical (unpaired) electrons. The Labute approximate surface area is 175 Å². The maximum atomic E-state index is 13.0. The third kappa shape index (κ3) is 3.80. The number of Topliss-reactive ketones (excluding diaryl/α,β-unsaturated/α-hetero) is 1. The van der Waals surface area contributed by atoms with E-state index in [1.165, 1.54) is 4.90 Å². The number of hydrogen-bond donors (Lipinski definition) is 1. The lowest BCUT2D eigenvalue weighted by atomic mass is 9.94. The summed E-state index contributed by atoms with van der Waals surface area (Å²) in [5.41, 5.74) is 2.59. The average molecular weight is 417 g/mol. The first-order valence-electron chi connectivity index (χ1n) is 9.32. The van der Waals surface area contributed by atoms with Gasteiger partial charge in [0.05, 0.1) is 22.9 Å². The van der Waals surface area contributed by atoms with E-state index in [1.807, 2.05) is 25.9 Å². The minimum Gasteiger partial charge on any atom is -0.507 e.